The fourth-order valence-electron chi connectivity index (χ4n) is 0.983. The Labute approximate surface area is 98.1 Å². The molecule has 0 unspecified atom stereocenters. The number of carboxylic acids is 1. The lowest BCUT2D eigenvalue weighted by molar-refractivity contribution is -0.307. The third-order valence-electron chi connectivity index (χ3n) is 1.79. The van der Waals surface area contributed by atoms with E-state index in [0.29, 0.717) is 0 Å². The SMILES string of the molecule is C[C@H](NS(=O)(=O)c1cccc(Cl)c1)C(=O)[O-]. The third kappa shape index (κ3) is 3.19. The molecule has 0 spiro atoms. The quantitative estimate of drug-likeness (QED) is 0.811. The molecule has 1 aromatic carbocycles. The molecular formula is C9H9ClNO4S-. The Morgan fingerprint density at radius 1 is 1.50 bits per heavy atom. The third-order valence-corrected chi connectivity index (χ3v) is 3.57. The summed E-state index contributed by atoms with van der Waals surface area (Å²) in [5, 5.41) is 10.7. The van der Waals surface area contributed by atoms with Crippen LogP contribution in [0.15, 0.2) is 29.2 Å². The summed E-state index contributed by atoms with van der Waals surface area (Å²) in [6.45, 7) is 1.18. The smallest absolute Gasteiger partial charge is 0.241 e. The number of aliphatic carboxylic acids is 1. The number of nitrogens with one attached hydrogen (secondary N) is 1. The number of benzene rings is 1. The first-order valence-electron chi connectivity index (χ1n) is 4.31. The molecule has 0 aliphatic heterocycles. The molecule has 88 valence electrons. The highest BCUT2D eigenvalue weighted by atomic mass is 35.5. The molecule has 16 heavy (non-hydrogen) atoms. The lowest BCUT2D eigenvalue weighted by Gasteiger charge is -2.14. The number of carbonyl (C=O) groups excluding carboxylic acids is 1. The van der Waals surface area contributed by atoms with Crippen molar-refractivity contribution in [1.82, 2.24) is 4.72 Å². The predicted octanol–water partition coefficient (Wildman–Crippen LogP) is -0.243. The van der Waals surface area contributed by atoms with Crippen LogP contribution in [0.4, 0.5) is 0 Å². The highest BCUT2D eigenvalue weighted by molar-refractivity contribution is 7.89. The highest BCUT2D eigenvalue weighted by Gasteiger charge is 2.17. The summed E-state index contributed by atoms with van der Waals surface area (Å²) in [7, 11) is -3.88. The number of sulfonamides is 1. The minimum atomic E-state index is -3.88. The van der Waals surface area contributed by atoms with E-state index in [1.165, 1.54) is 31.2 Å². The number of halogens is 1. The Bertz CT molecular complexity index is 500. The average Bonchev–Trinajstić information content (AvgIpc) is 2.17. The topological polar surface area (TPSA) is 86.3 Å². The van der Waals surface area contributed by atoms with Crippen LogP contribution in [-0.2, 0) is 14.8 Å². The number of carboxylic acid groups (broad SMARTS) is 1. The molecule has 0 aromatic heterocycles. The van der Waals surface area contributed by atoms with Crippen molar-refractivity contribution in [2.45, 2.75) is 17.9 Å². The number of hydrogen-bond acceptors (Lipinski definition) is 4. The van der Waals surface area contributed by atoms with Crippen LogP contribution < -0.4 is 9.83 Å². The molecule has 1 atom stereocenters. The molecule has 5 nitrogen and oxygen atoms in total. The van der Waals surface area contributed by atoms with E-state index < -0.39 is 22.0 Å². The van der Waals surface area contributed by atoms with Crippen molar-refractivity contribution in [2.24, 2.45) is 0 Å². The van der Waals surface area contributed by atoms with E-state index >= 15 is 0 Å². The van der Waals surface area contributed by atoms with Crippen molar-refractivity contribution >= 4 is 27.6 Å². The second kappa shape index (κ2) is 4.82. The van der Waals surface area contributed by atoms with Crippen molar-refractivity contribution < 1.29 is 18.3 Å². The van der Waals surface area contributed by atoms with Gasteiger partial charge in [0.15, 0.2) is 0 Å². The van der Waals surface area contributed by atoms with Gasteiger partial charge in [0, 0.05) is 5.02 Å². The van der Waals surface area contributed by atoms with Crippen LogP contribution in [0.5, 0.6) is 0 Å². The lowest BCUT2D eigenvalue weighted by atomic mass is 10.4. The second-order valence-electron chi connectivity index (χ2n) is 3.12. The van der Waals surface area contributed by atoms with Gasteiger partial charge >= 0.3 is 0 Å². The Balaban J connectivity index is 2.99. The van der Waals surface area contributed by atoms with E-state index in [2.05, 4.69) is 0 Å². The van der Waals surface area contributed by atoms with E-state index in [9.17, 15) is 18.3 Å². The van der Waals surface area contributed by atoms with Gasteiger partial charge in [-0.1, -0.05) is 17.7 Å². The number of rotatable bonds is 4. The lowest BCUT2D eigenvalue weighted by Crippen LogP contribution is -2.45. The Morgan fingerprint density at radius 2 is 2.12 bits per heavy atom. The first-order valence-corrected chi connectivity index (χ1v) is 6.18. The largest absolute Gasteiger partial charge is 0.548 e. The van der Waals surface area contributed by atoms with Crippen molar-refractivity contribution in [1.29, 1.82) is 0 Å². The normalized spacial score (nSPS) is 13.4. The van der Waals surface area contributed by atoms with Crippen LogP contribution in [0.3, 0.4) is 0 Å². The number of carbonyl (C=O) groups is 1. The van der Waals surface area contributed by atoms with Gasteiger partial charge < -0.3 is 9.90 Å². The zero-order chi connectivity index (χ0) is 12.3. The molecule has 0 saturated carbocycles. The number of hydrogen-bond donors (Lipinski definition) is 1. The molecule has 1 N–H and O–H groups in total. The van der Waals surface area contributed by atoms with E-state index in [1.807, 2.05) is 4.72 Å². The monoisotopic (exact) mass is 262 g/mol. The molecule has 0 bridgehead atoms. The van der Waals surface area contributed by atoms with Gasteiger partial charge in [-0.05, 0) is 25.1 Å². The van der Waals surface area contributed by atoms with E-state index in [4.69, 9.17) is 11.6 Å². The van der Waals surface area contributed by atoms with Crippen molar-refractivity contribution in [2.75, 3.05) is 0 Å². The molecule has 7 heteroatoms. The summed E-state index contributed by atoms with van der Waals surface area (Å²) in [6.07, 6.45) is 0. The zero-order valence-electron chi connectivity index (χ0n) is 8.31. The molecule has 1 aromatic rings. The average molecular weight is 263 g/mol. The molecular weight excluding hydrogens is 254 g/mol. The Hall–Kier alpha value is -1.11. The van der Waals surface area contributed by atoms with Gasteiger partial charge in [-0.15, -0.1) is 0 Å². The van der Waals surface area contributed by atoms with Gasteiger partial charge in [-0.2, -0.15) is 0 Å². The zero-order valence-corrected chi connectivity index (χ0v) is 9.88. The van der Waals surface area contributed by atoms with E-state index in [1.54, 1.807) is 0 Å². The second-order valence-corrected chi connectivity index (χ2v) is 5.27. The molecule has 1 rings (SSSR count). The molecule has 0 aliphatic carbocycles. The standard InChI is InChI=1S/C9H10ClNO4S/c1-6(9(12)13)11-16(14,15)8-4-2-3-7(10)5-8/h2-6,11H,1H3,(H,12,13)/p-1/t6-/m0/s1. The van der Waals surface area contributed by atoms with Gasteiger partial charge in [0.25, 0.3) is 0 Å². The first-order chi connectivity index (χ1) is 7.33. The summed E-state index contributed by atoms with van der Waals surface area (Å²) < 4.78 is 25.2. The minimum Gasteiger partial charge on any atom is -0.548 e. The van der Waals surface area contributed by atoms with Crippen LogP contribution in [0.25, 0.3) is 0 Å². The summed E-state index contributed by atoms with van der Waals surface area (Å²) >= 11 is 5.63. The first kappa shape index (κ1) is 13.0. The summed E-state index contributed by atoms with van der Waals surface area (Å²) in [5.74, 6) is -1.49. The molecule has 0 radical (unpaired) electrons. The van der Waals surface area contributed by atoms with Crippen molar-refractivity contribution in [3.8, 4) is 0 Å². The molecule has 0 saturated heterocycles. The van der Waals surface area contributed by atoms with Crippen LogP contribution in [-0.4, -0.2) is 20.4 Å². The van der Waals surface area contributed by atoms with Crippen molar-refractivity contribution in [3.05, 3.63) is 29.3 Å². The summed E-state index contributed by atoms with van der Waals surface area (Å²) in [6, 6.07) is 4.22. The summed E-state index contributed by atoms with van der Waals surface area (Å²) in [5.41, 5.74) is 0. The predicted molar refractivity (Wildman–Crippen MR) is 56.2 cm³/mol. The van der Waals surface area contributed by atoms with Gasteiger partial charge in [0.1, 0.15) is 0 Å². The highest BCUT2D eigenvalue weighted by Crippen LogP contribution is 2.15. The Morgan fingerprint density at radius 3 is 2.62 bits per heavy atom. The fourth-order valence-corrected chi connectivity index (χ4v) is 2.48. The maximum absolute atomic E-state index is 11.6. The van der Waals surface area contributed by atoms with Crippen LogP contribution >= 0.6 is 11.6 Å². The van der Waals surface area contributed by atoms with Crippen LogP contribution in [0.1, 0.15) is 6.92 Å². The van der Waals surface area contributed by atoms with Gasteiger partial charge in [-0.3, -0.25) is 0 Å². The Kier molecular flexibility index (Phi) is 3.90. The van der Waals surface area contributed by atoms with E-state index in [-0.39, 0.29) is 9.92 Å². The molecule has 0 amide bonds. The maximum atomic E-state index is 11.6. The molecule has 0 aliphatic rings. The fraction of sp³-hybridized carbons (Fsp3) is 0.222. The molecule has 0 fully saturated rings. The van der Waals surface area contributed by atoms with Gasteiger partial charge in [-0.25, -0.2) is 13.1 Å². The van der Waals surface area contributed by atoms with Crippen LogP contribution in [0, 0.1) is 0 Å². The molecule has 0 heterocycles. The minimum absolute atomic E-state index is 0.0897. The van der Waals surface area contributed by atoms with Gasteiger partial charge in [0.2, 0.25) is 10.0 Å². The summed E-state index contributed by atoms with van der Waals surface area (Å²) in [4.78, 5) is 10.3. The van der Waals surface area contributed by atoms with Crippen molar-refractivity contribution in [3.63, 3.8) is 0 Å². The maximum Gasteiger partial charge on any atom is 0.241 e. The van der Waals surface area contributed by atoms with E-state index in [0.717, 1.165) is 0 Å². The van der Waals surface area contributed by atoms with Gasteiger partial charge in [0.05, 0.1) is 16.9 Å². The van der Waals surface area contributed by atoms with Crippen LogP contribution in [0.2, 0.25) is 5.02 Å².